The number of hydrogen-bond acceptors (Lipinski definition) is 5. The van der Waals surface area contributed by atoms with Crippen LogP contribution in [0.5, 0.6) is 0 Å². The van der Waals surface area contributed by atoms with E-state index in [1.165, 1.54) is 48.8 Å². The van der Waals surface area contributed by atoms with Crippen LogP contribution in [0.1, 0.15) is 104 Å². The predicted molar refractivity (Wildman–Crippen MR) is 174 cm³/mol. The molecule has 0 saturated carbocycles. The van der Waals surface area contributed by atoms with E-state index in [1.54, 1.807) is 0 Å². The van der Waals surface area contributed by atoms with E-state index in [9.17, 15) is 4.79 Å². The van der Waals surface area contributed by atoms with Crippen LogP contribution in [0.2, 0.25) is 0 Å². The minimum absolute atomic E-state index is 0.0481. The first-order chi connectivity index (χ1) is 21.1. The van der Waals surface area contributed by atoms with Crippen LogP contribution in [0, 0.1) is 0 Å². The van der Waals surface area contributed by atoms with Crippen LogP contribution in [0.25, 0.3) is 0 Å². The van der Waals surface area contributed by atoms with Crippen molar-refractivity contribution < 1.29 is 4.79 Å². The highest BCUT2D eigenvalue weighted by Gasteiger charge is 2.07. The van der Waals surface area contributed by atoms with Crippen molar-refractivity contribution in [2.45, 2.75) is 104 Å². The van der Waals surface area contributed by atoms with Crippen LogP contribution in [-0.4, -0.2) is 37.4 Å². The standard InChI is InChI=1S/C35H49N7O/c1-3-5-8-12-29-19-21-31(22-20-29)34(43)36-23-24-42-27-33(40-41-42)14-10-7-9-13-32-26-38-35(39-32)37-25-30-17-15-28(16-18-30)11-6-4-2/h15-22,26-27H,3-14,23-25H2,1-2H3,(H,36,43)(H2,37,38,39). The van der Waals surface area contributed by atoms with Crippen LogP contribution in [0.3, 0.4) is 0 Å². The average molecular weight is 584 g/mol. The lowest BCUT2D eigenvalue weighted by Crippen LogP contribution is -2.27. The summed E-state index contributed by atoms with van der Waals surface area (Å²) in [6.07, 6.45) is 17.4. The number of unbranched alkanes of at least 4 members (excludes halogenated alkanes) is 5. The predicted octanol–water partition coefficient (Wildman–Crippen LogP) is 7.07. The third kappa shape index (κ3) is 11.3. The van der Waals surface area contributed by atoms with E-state index in [4.69, 9.17) is 0 Å². The highest BCUT2D eigenvalue weighted by molar-refractivity contribution is 5.94. The molecule has 0 bridgehead atoms. The molecule has 43 heavy (non-hydrogen) atoms. The largest absolute Gasteiger partial charge is 0.352 e. The molecule has 8 nitrogen and oxygen atoms in total. The van der Waals surface area contributed by atoms with Crippen molar-refractivity contribution in [3.8, 4) is 0 Å². The molecule has 0 unspecified atom stereocenters. The molecular formula is C35H49N7O. The summed E-state index contributed by atoms with van der Waals surface area (Å²) in [6.45, 7) is 6.33. The number of aromatic nitrogens is 5. The first-order valence-electron chi connectivity index (χ1n) is 16.2. The Morgan fingerprint density at radius 1 is 0.791 bits per heavy atom. The Morgan fingerprint density at radius 2 is 1.47 bits per heavy atom. The van der Waals surface area contributed by atoms with Crippen LogP contribution < -0.4 is 10.6 Å². The van der Waals surface area contributed by atoms with Gasteiger partial charge in [0.2, 0.25) is 5.95 Å². The lowest BCUT2D eigenvalue weighted by molar-refractivity contribution is 0.0952. The van der Waals surface area contributed by atoms with E-state index in [1.807, 2.05) is 29.2 Å². The zero-order valence-electron chi connectivity index (χ0n) is 26.1. The molecular weight excluding hydrogens is 534 g/mol. The number of aryl methyl sites for hydroxylation is 4. The normalized spacial score (nSPS) is 11.1. The van der Waals surface area contributed by atoms with Gasteiger partial charge in [0.25, 0.3) is 5.91 Å². The van der Waals surface area contributed by atoms with Gasteiger partial charge in [0.1, 0.15) is 0 Å². The smallest absolute Gasteiger partial charge is 0.251 e. The van der Waals surface area contributed by atoms with Gasteiger partial charge in [-0.2, -0.15) is 0 Å². The number of amides is 1. The summed E-state index contributed by atoms with van der Waals surface area (Å²) >= 11 is 0. The number of anilines is 1. The molecule has 0 saturated heterocycles. The second-order valence-corrected chi connectivity index (χ2v) is 11.5. The molecule has 2 heterocycles. The van der Waals surface area contributed by atoms with Crippen LogP contribution in [0.15, 0.2) is 60.9 Å². The summed E-state index contributed by atoms with van der Waals surface area (Å²) in [7, 11) is 0. The fourth-order valence-corrected chi connectivity index (χ4v) is 5.12. The number of aromatic amines is 1. The number of nitrogens with zero attached hydrogens (tertiary/aromatic N) is 4. The number of imidazole rings is 1. The number of carbonyl (C=O) groups is 1. The number of benzene rings is 2. The molecule has 1 amide bonds. The second-order valence-electron chi connectivity index (χ2n) is 11.5. The van der Waals surface area contributed by atoms with E-state index in [2.05, 4.69) is 81.2 Å². The van der Waals surface area contributed by atoms with Crippen molar-refractivity contribution in [1.29, 1.82) is 0 Å². The molecule has 4 rings (SSSR count). The third-order valence-corrected chi connectivity index (χ3v) is 7.81. The Bertz CT molecular complexity index is 1340. The van der Waals surface area contributed by atoms with E-state index >= 15 is 0 Å². The topological polar surface area (TPSA) is 101 Å². The molecule has 0 fully saturated rings. The van der Waals surface area contributed by atoms with Gasteiger partial charge >= 0.3 is 0 Å². The van der Waals surface area contributed by atoms with E-state index in [0.717, 1.165) is 68.8 Å². The van der Waals surface area contributed by atoms with E-state index in [-0.39, 0.29) is 5.91 Å². The third-order valence-electron chi connectivity index (χ3n) is 7.81. The molecule has 4 aromatic rings. The molecule has 0 radical (unpaired) electrons. The van der Waals surface area contributed by atoms with Gasteiger partial charge in [0.15, 0.2) is 0 Å². The van der Waals surface area contributed by atoms with Crippen LogP contribution in [0.4, 0.5) is 5.95 Å². The summed E-state index contributed by atoms with van der Waals surface area (Å²) in [5, 5.41) is 14.9. The van der Waals surface area contributed by atoms with Crippen molar-refractivity contribution in [2.24, 2.45) is 0 Å². The van der Waals surface area contributed by atoms with Gasteiger partial charge in [0.05, 0.1) is 18.4 Å². The highest BCUT2D eigenvalue weighted by Crippen LogP contribution is 2.13. The van der Waals surface area contributed by atoms with Gasteiger partial charge in [-0.05, 0) is 80.2 Å². The van der Waals surface area contributed by atoms with Crippen LogP contribution >= 0.6 is 0 Å². The molecule has 3 N–H and O–H groups in total. The van der Waals surface area contributed by atoms with Gasteiger partial charge in [0, 0.05) is 30.5 Å². The van der Waals surface area contributed by atoms with Crippen molar-refractivity contribution in [1.82, 2.24) is 30.3 Å². The molecule has 0 aliphatic rings. The van der Waals surface area contributed by atoms with Gasteiger partial charge in [-0.15, -0.1) is 5.10 Å². The monoisotopic (exact) mass is 583 g/mol. The van der Waals surface area contributed by atoms with Crippen molar-refractivity contribution in [2.75, 3.05) is 11.9 Å². The molecule has 8 heteroatoms. The first kappa shape index (κ1) is 32.0. The number of rotatable bonds is 20. The van der Waals surface area contributed by atoms with Crippen molar-refractivity contribution in [3.05, 3.63) is 94.6 Å². The minimum atomic E-state index is -0.0481. The maximum atomic E-state index is 12.5. The lowest BCUT2D eigenvalue weighted by Gasteiger charge is -2.06. The molecule has 0 atom stereocenters. The molecule has 0 aliphatic heterocycles. The maximum Gasteiger partial charge on any atom is 0.251 e. The Hall–Kier alpha value is -3.94. The zero-order chi connectivity index (χ0) is 30.1. The summed E-state index contributed by atoms with van der Waals surface area (Å²) in [6, 6.07) is 16.8. The maximum absolute atomic E-state index is 12.5. The second kappa shape index (κ2) is 17.9. The van der Waals surface area contributed by atoms with Crippen molar-refractivity contribution in [3.63, 3.8) is 0 Å². The Labute approximate surface area is 257 Å². The zero-order valence-corrected chi connectivity index (χ0v) is 26.1. The average Bonchev–Trinajstić information content (AvgIpc) is 3.69. The molecule has 0 spiro atoms. The number of carbonyl (C=O) groups excluding carboxylic acids is 1. The van der Waals surface area contributed by atoms with Gasteiger partial charge in [-0.1, -0.05) is 81.1 Å². The molecule has 2 aromatic heterocycles. The fraction of sp³-hybridized carbons (Fsp3) is 0.486. The summed E-state index contributed by atoms with van der Waals surface area (Å²) in [5.41, 5.74) is 6.82. The first-order valence-corrected chi connectivity index (χ1v) is 16.2. The Morgan fingerprint density at radius 3 is 2.23 bits per heavy atom. The van der Waals surface area contributed by atoms with Crippen LogP contribution in [-0.2, 0) is 38.8 Å². The number of hydrogen-bond donors (Lipinski definition) is 3. The van der Waals surface area contributed by atoms with E-state index < -0.39 is 0 Å². The highest BCUT2D eigenvalue weighted by atomic mass is 16.1. The lowest BCUT2D eigenvalue weighted by atomic mass is 10.1. The Kier molecular flexibility index (Phi) is 13.3. The summed E-state index contributed by atoms with van der Waals surface area (Å²) in [5.74, 6) is 0.779. The summed E-state index contributed by atoms with van der Waals surface area (Å²) < 4.78 is 1.81. The van der Waals surface area contributed by atoms with Crippen molar-refractivity contribution >= 4 is 11.9 Å². The Balaban J connectivity index is 1.06. The molecule has 2 aromatic carbocycles. The number of nitrogens with one attached hydrogen (secondary N) is 3. The fourth-order valence-electron chi connectivity index (χ4n) is 5.12. The quantitative estimate of drug-likeness (QED) is 0.0966. The minimum Gasteiger partial charge on any atom is -0.352 e. The number of H-pyrrole nitrogens is 1. The SMILES string of the molecule is CCCCCc1ccc(C(=O)NCCn2cc(CCCCCc3cnc(NCc4ccc(CCCC)cc4)[nH]3)nn2)cc1. The van der Waals surface area contributed by atoms with Gasteiger partial charge < -0.3 is 15.6 Å². The molecule has 230 valence electrons. The van der Waals surface area contributed by atoms with E-state index in [0.29, 0.717) is 18.7 Å². The van der Waals surface area contributed by atoms with Gasteiger partial charge in [-0.25, -0.2) is 4.98 Å². The molecule has 0 aliphatic carbocycles. The summed E-state index contributed by atoms with van der Waals surface area (Å²) in [4.78, 5) is 20.4. The van der Waals surface area contributed by atoms with Gasteiger partial charge in [-0.3, -0.25) is 9.48 Å².